The van der Waals surface area contributed by atoms with Crippen LogP contribution in [0.25, 0.3) is 11.4 Å². The lowest BCUT2D eigenvalue weighted by atomic mass is 10.1. The summed E-state index contributed by atoms with van der Waals surface area (Å²) in [4.78, 5) is 28.7. The first-order valence-electron chi connectivity index (χ1n) is 9.95. The summed E-state index contributed by atoms with van der Waals surface area (Å²) in [6, 6.07) is 17.1. The maximum Gasteiger partial charge on any atom is 0.325 e. The molecule has 3 aromatic rings. The van der Waals surface area contributed by atoms with Crippen molar-refractivity contribution in [2.75, 3.05) is 18.5 Å². The fourth-order valence-corrected chi connectivity index (χ4v) is 4.23. The minimum Gasteiger partial charge on any atom is -0.325 e. The van der Waals surface area contributed by atoms with Gasteiger partial charge in [-0.1, -0.05) is 60.2 Å². The number of nitrogens with one attached hydrogen (secondary N) is 1. The van der Waals surface area contributed by atoms with Gasteiger partial charge in [0.2, 0.25) is 5.95 Å². The highest BCUT2D eigenvalue weighted by Gasteiger charge is 2.52. The number of imide groups is 1. The Labute approximate surface area is 174 Å². The van der Waals surface area contributed by atoms with E-state index in [4.69, 9.17) is 0 Å². The number of benzene rings is 2. The SMILES string of the molecule is Cc1ccc(-c2nnc3n2C2C(C(=O)NC(=O)N2C)N3CCc2ccccc2)cc1. The van der Waals surface area contributed by atoms with Crippen LogP contribution < -0.4 is 10.2 Å². The van der Waals surface area contributed by atoms with Crippen molar-refractivity contribution < 1.29 is 9.59 Å². The Morgan fingerprint density at radius 3 is 2.47 bits per heavy atom. The van der Waals surface area contributed by atoms with E-state index in [9.17, 15) is 9.59 Å². The monoisotopic (exact) mass is 402 g/mol. The first-order valence-corrected chi connectivity index (χ1v) is 9.95. The van der Waals surface area contributed by atoms with Crippen LogP contribution in [0.2, 0.25) is 0 Å². The van der Waals surface area contributed by atoms with E-state index in [1.54, 1.807) is 11.9 Å². The van der Waals surface area contributed by atoms with Gasteiger partial charge in [0, 0.05) is 19.2 Å². The summed E-state index contributed by atoms with van der Waals surface area (Å²) in [6.45, 7) is 2.62. The van der Waals surface area contributed by atoms with Gasteiger partial charge < -0.3 is 9.80 Å². The molecule has 2 unspecified atom stereocenters. The fraction of sp³-hybridized carbons (Fsp3) is 0.273. The number of anilines is 1. The second kappa shape index (κ2) is 6.98. The Hall–Kier alpha value is -3.68. The number of hydrogen-bond acceptors (Lipinski definition) is 5. The molecule has 3 amide bonds. The Morgan fingerprint density at radius 2 is 1.73 bits per heavy atom. The predicted molar refractivity (Wildman–Crippen MR) is 112 cm³/mol. The number of aryl methyl sites for hydroxylation is 1. The maximum absolute atomic E-state index is 12.9. The summed E-state index contributed by atoms with van der Waals surface area (Å²) in [7, 11) is 1.70. The Kier molecular flexibility index (Phi) is 4.27. The van der Waals surface area contributed by atoms with E-state index in [0.29, 0.717) is 18.3 Å². The Bertz CT molecular complexity index is 1110. The van der Waals surface area contributed by atoms with E-state index < -0.39 is 18.2 Å². The van der Waals surface area contributed by atoms with Crippen LogP contribution in [0.1, 0.15) is 17.3 Å². The largest absolute Gasteiger partial charge is 0.325 e. The molecule has 30 heavy (non-hydrogen) atoms. The molecule has 8 heteroatoms. The summed E-state index contributed by atoms with van der Waals surface area (Å²) >= 11 is 0. The number of nitrogens with zero attached hydrogens (tertiary/aromatic N) is 5. The average Bonchev–Trinajstić information content (AvgIpc) is 3.31. The highest BCUT2D eigenvalue weighted by Crippen LogP contribution is 2.40. The Balaban J connectivity index is 1.57. The van der Waals surface area contributed by atoms with Crippen molar-refractivity contribution >= 4 is 17.9 Å². The number of aromatic nitrogens is 3. The molecule has 5 rings (SSSR count). The average molecular weight is 402 g/mol. The van der Waals surface area contributed by atoms with E-state index in [-0.39, 0.29) is 5.91 Å². The van der Waals surface area contributed by atoms with Gasteiger partial charge >= 0.3 is 6.03 Å². The molecular weight excluding hydrogens is 380 g/mol. The highest BCUT2D eigenvalue weighted by molar-refractivity contribution is 6.02. The number of amides is 3. The zero-order valence-electron chi connectivity index (χ0n) is 16.8. The lowest BCUT2D eigenvalue weighted by Gasteiger charge is -2.37. The van der Waals surface area contributed by atoms with Crippen molar-refractivity contribution in [3.05, 3.63) is 65.7 Å². The number of urea groups is 1. The molecule has 2 aliphatic rings. The minimum atomic E-state index is -0.550. The zero-order valence-corrected chi connectivity index (χ0v) is 16.8. The third-order valence-electron chi connectivity index (χ3n) is 5.83. The minimum absolute atomic E-state index is 0.309. The normalized spacial score (nSPS) is 20.2. The van der Waals surface area contributed by atoms with Gasteiger partial charge in [0.15, 0.2) is 11.9 Å². The van der Waals surface area contributed by atoms with Crippen molar-refractivity contribution in [1.82, 2.24) is 25.0 Å². The van der Waals surface area contributed by atoms with Crippen LogP contribution in [0.15, 0.2) is 54.6 Å². The predicted octanol–water partition coefficient (Wildman–Crippen LogP) is 2.37. The number of rotatable bonds is 4. The molecule has 0 radical (unpaired) electrons. The van der Waals surface area contributed by atoms with Gasteiger partial charge in [-0.3, -0.25) is 14.7 Å². The first kappa shape index (κ1) is 18.4. The lowest BCUT2D eigenvalue weighted by molar-refractivity contribution is -0.124. The van der Waals surface area contributed by atoms with E-state index in [1.165, 1.54) is 5.56 Å². The third kappa shape index (κ3) is 2.83. The third-order valence-corrected chi connectivity index (χ3v) is 5.83. The van der Waals surface area contributed by atoms with Gasteiger partial charge in [-0.05, 0) is 18.9 Å². The molecule has 8 nitrogen and oxygen atoms in total. The smallest absolute Gasteiger partial charge is 0.325 e. The van der Waals surface area contributed by atoms with E-state index in [2.05, 4.69) is 27.6 Å². The van der Waals surface area contributed by atoms with Crippen LogP contribution in [-0.2, 0) is 11.2 Å². The molecule has 0 aliphatic carbocycles. The molecule has 0 spiro atoms. The van der Waals surface area contributed by atoms with E-state index in [0.717, 1.165) is 17.5 Å². The molecule has 2 aliphatic heterocycles. The van der Waals surface area contributed by atoms with Crippen LogP contribution in [0.5, 0.6) is 0 Å². The van der Waals surface area contributed by atoms with Gasteiger partial charge in [0.05, 0.1) is 0 Å². The molecule has 1 saturated heterocycles. The summed E-state index contributed by atoms with van der Waals surface area (Å²) in [6.07, 6.45) is 0.255. The van der Waals surface area contributed by atoms with Gasteiger partial charge in [-0.2, -0.15) is 0 Å². The molecule has 1 fully saturated rings. The summed E-state index contributed by atoms with van der Waals surface area (Å²) in [5.74, 6) is 0.946. The van der Waals surface area contributed by atoms with Gasteiger partial charge in [0.1, 0.15) is 6.17 Å². The second-order valence-corrected chi connectivity index (χ2v) is 7.75. The zero-order chi connectivity index (χ0) is 20.8. The first-order chi connectivity index (χ1) is 14.5. The van der Waals surface area contributed by atoms with Gasteiger partial charge in [0.25, 0.3) is 5.91 Å². The number of hydrogen-bond donors (Lipinski definition) is 1. The van der Waals surface area contributed by atoms with Crippen molar-refractivity contribution in [2.45, 2.75) is 25.6 Å². The van der Waals surface area contributed by atoms with Crippen LogP contribution >= 0.6 is 0 Å². The number of carbonyl (C=O) groups is 2. The van der Waals surface area contributed by atoms with Gasteiger partial charge in [-0.15, -0.1) is 10.2 Å². The van der Waals surface area contributed by atoms with Crippen LogP contribution in [0, 0.1) is 6.92 Å². The molecule has 2 atom stereocenters. The molecule has 3 heterocycles. The van der Waals surface area contributed by atoms with Crippen LogP contribution in [0.4, 0.5) is 10.7 Å². The number of carbonyl (C=O) groups excluding carboxylic acids is 2. The fourth-order valence-electron chi connectivity index (χ4n) is 4.23. The standard InChI is InChI=1S/C22H22N6O2/c1-14-8-10-16(11-9-14)18-24-25-21-27(13-12-15-6-4-3-5-7-15)17-19(29)23-22(30)26(2)20(17)28(18)21/h3-11,17,20H,12-13H2,1-2H3,(H,23,29,30). The van der Waals surface area contributed by atoms with E-state index >= 15 is 0 Å². The highest BCUT2D eigenvalue weighted by atomic mass is 16.2. The number of fused-ring (bicyclic) bond motifs is 3. The lowest BCUT2D eigenvalue weighted by Crippen LogP contribution is -2.61. The molecule has 152 valence electrons. The molecule has 0 bridgehead atoms. The summed E-state index contributed by atoms with van der Waals surface area (Å²) in [5.41, 5.74) is 3.22. The summed E-state index contributed by atoms with van der Waals surface area (Å²) < 4.78 is 1.91. The van der Waals surface area contributed by atoms with Gasteiger partial charge in [-0.25, -0.2) is 4.79 Å². The number of likely N-dealkylation sites (N-methyl/N-ethyl adjacent to an activating group) is 1. The Morgan fingerprint density at radius 1 is 1.00 bits per heavy atom. The molecule has 1 aromatic heterocycles. The topological polar surface area (TPSA) is 83.4 Å². The quantitative estimate of drug-likeness (QED) is 0.724. The van der Waals surface area contributed by atoms with Crippen LogP contribution in [0.3, 0.4) is 0 Å². The van der Waals surface area contributed by atoms with Crippen molar-refractivity contribution in [1.29, 1.82) is 0 Å². The van der Waals surface area contributed by atoms with Crippen molar-refractivity contribution in [2.24, 2.45) is 0 Å². The van der Waals surface area contributed by atoms with Crippen molar-refractivity contribution in [3.63, 3.8) is 0 Å². The second-order valence-electron chi connectivity index (χ2n) is 7.75. The van der Waals surface area contributed by atoms with Crippen LogP contribution in [-0.4, -0.2) is 51.2 Å². The molecule has 2 aromatic carbocycles. The summed E-state index contributed by atoms with van der Waals surface area (Å²) in [5, 5.41) is 11.3. The molecular formula is C22H22N6O2. The maximum atomic E-state index is 12.9. The van der Waals surface area contributed by atoms with E-state index in [1.807, 2.05) is 58.9 Å². The van der Waals surface area contributed by atoms with Crippen molar-refractivity contribution in [3.8, 4) is 11.4 Å². The molecule has 0 saturated carbocycles. The molecule has 1 N–H and O–H groups in total.